The van der Waals surface area contributed by atoms with E-state index in [1.54, 1.807) is 6.92 Å². The second kappa shape index (κ2) is 1.43. The Balaban J connectivity index is 2.66. The number of rotatable bonds is 1. The van der Waals surface area contributed by atoms with Crippen LogP contribution in [0, 0.1) is 0 Å². The van der Waals surface area contributed by atoms with Crippen LogP contribution in [0.3, 0.4) is 0 Å². The maximum atomic E-state index is 10.3. The lowest BCUT2D eigenvalue weighted by Crippen LogP contribution is -2.22. The molecule has 3 nitrogen and oxygen atoms in total. The minimum absolute atomic E-state index is 0.391. The van der Waals surface area contributed by atoms with Gasteiger partial charge in [0, 0.05) is 6.20 Å². The number of aliphatic imine (C=N–C) groups is 1. The third-order valence-electron chi connectivity index (χ3n) is 1.04. The fraction of sp³-hybridized carbons (Fsp3) is 0.200. The number of nitrogens with two attached hydrogens (primary N) is 1. The van der Waals surface area contributed by atoms with Crippen molar-refractivity contribution in [1.82, 2.24) is 0 Å². The predicted octanol–water partition coefficient (Wildman–Crippen LogP) is -0.170. The van der Waals surface area contributed by atoms with Crippen molar-refractivity contribution in [3.63, 3.8) is 0 Å². The normalized spacial score (nSPS) is 16.1. The first kappa shape index (κ1) is 5.03. The fourth-order valence-corrected chi connectivity index (χ4v) is 0.500. The molecule has 0 bridgehead atoms. The fourth-order valence-electron chi connectivity index (χ4n) is 0.500. The van der Waals surface area contributed by atoms with E-state index < -0.39 is 5.91 Å². The average Bonchev–Trinajstić information content (AvgIpc) is 1.61. The SMILES string of the molecule is CC1=NC=C1C(N)=O. The van der Waals surface area contributed by atoms with Crippen LogP contribution < -0.4 is 5.73 Å². The van der Waals surface area contributed by atoms with Gasteiger partial charge in [-0.3, -0.25) is 9.79 Å². The molecule has 1 heterocycles. The summed E-state index contributed by atoms with van der Waals surface area (Å²) in [4.78, 5) is 14.0. The zero-order valence-electron chi connectivity index (χ0n) is 4.51. The van der Waals surface area contributed by atoms with Crippen molar-refractivity contribution in [2.45, 2.75) is 6.92 Å². The molecule has 0 saturated heterocycles. The molecule has 1 rings (SSSR count). The second-order valence-corrected chi connectivity index (χ2v) is 1.62. The van der Waals surface area contributed by atoms with Gasteiger partial charge in [0.25, 0.3) is 5.91 Å². The largest absolute Gasteiger partial charge is 0.365 e. The number of carbonyl (C=O) groups excluding carboxylic acids is 1. The Kier molecular flexibility index (Phi) is 0.901. The molecule has 0 atom stereocenters. The number of primary amides is 1. The van der Waals surface area contributed by atoms with Gasteiger partial charge in [-0.05, 0) is 6.92 Å². The van der Waals surface area contributed by atoms with E-state index in [-0.39, 0.29) is 0 Å². The van der Waals surface area contributed by atoms with E-state index in [1.807, 2.05) is 0 Å². The van der Waals surface area contributed by atoms with E-state index in [0.717, 1.165) is 5.71 Å². The van der Waals surface area contributed by atoms with Crippen molar-refractivity contribution in [2.75, 3.05) is 0 Å². The van der Waals surface area contributed by atoms with Gasteiger partial charge in [0.05, 0.1) is 11.3 Å². The van der Waals surface area contributed by atoms with Gasteiger partial charge in [-0.25, -0.2) is 0 Å². The molecule has 0 aromatic rings. The van der Waals surface area contributed by atoms with Crippen LogP contribution in [0.1, 0.15) is 6.92 Å². The second-order valence-electron chi connectivity index (χ2n) is 1.62. The maximum absolute atomic E-state index is 10.3. The molecule has 0 aromatic carbocycles. The summed E-state index contributed by atoms with van der Waals surface area (Å²) in [5.41, 5.74) is 6.18. The molecular weight excluding hydrogens is 104 g/mol. The smallest absolute Gasteiger partial charge is 0.252 e. The van der Waals surface area contributed by atoms with E-state index in [2.05, 4.69) is 4.99 Å². The van der Waals surface area contributed by atoms with E-state index in [1.165, 1.54) is 6.20 Å². The molecule has 8 heavy (non-hydrogen) atoms. The number of amides is 1. The summed E-state index contributed by atoms with van der Waals surface area (Å²) in [7, 11) is 0. The molecule has 1 aliphatic rings. The molecule has 0 saturated carbocycles. The molecule has 0 unspecified atom stereocenters. The van der Waals surface area contributed by atoms with Crippen LogP contribution in [-0.4, -0.2) is 11.6 Å². The Morgan fingerprint density at radius 1 is 1.88 bits per heavy atom. The number of carbonyl (C=O) groups is 1. The van der Waals surface area contributed by atoms with Gasteiger partial charge in [-0.15, -0.1) is 0 Å². The molecule has 2 N–H and O–H groups in total. The zero-order valence-corrected chi connectivity index (χ0v) is 4.51. The van der Waals surface area contributed by atoms with Crippen molar-refractivity contribution >= 4 is 11.6 Å². The minimum Gasteiger partial charge on any atom is -0.365 e. The Labute approximate surface area is 46.9 Å². The number of hydrogen-bond donors (Lipinski definition) is 1. The van der Waals surface area contributed by atoms with Crippen molar-refractivity contribution in [3.8, 4) is 0 Å². The molecule has 1 aliphatic heterocycles. The minimum atomic E-state index is -0.391. The molecule has 1 amide bonds. The topological polar surface area (TPSA) is 55.4 Å². The van der Waals surface area contributed by atoms with Gasteiger partial charge in [0.1, 0.15) is 0 Å². The van der Waals surface area contributed by atoms with E-state index in [4.69, 9.17) is 5.73 Å². The highest BCUT2D eigenvalue weighted by molar-refractivity contribution is 6.23. The van der Waals surface area contributed by atoms with Gasteiger partial charge in [0.2, 0.25) is 0 Å². The average molecular weight is 110 g/mol. The standard InChI is InChI=1S/C5H6N2O/c1-3-4(2-7-3)5(6)8/h2H,1H3,(H2,6,8). The lowest BCUT2D eigenvalue weighted by molar-refractivity contribution is -0.114. The molecule has 0 aromatic heterocycles. The van der Waals surface area contributed by atoms with Gasteiger partial charge in [-0.1, -0.05) is 0 Å². The van der Waals surface area contributed by atoms with Crippen LogP contribution in [0.4, 0.5) is 0 Å². The highest BCUT2D eigenvalue weighted by Crippen LogP contribution is 2.06. The first-order chi connectivity index (χ1) is 3.72. The Hall–Kier alpha value is -1.12. The first-order valence-corrected chi connectivity index (χ1v) is 2.26. The van der Waals surface area contributed by atoms with Gasteiger partial charge < -0.3 is 5.73 Å². The monoisotopic (exact) mass is 110 g/mol. The van der Waals surface area contributed by atoms with Crippen LogP contribution in [0.25, 0.3) is 0 Å². The highest BCUT2D eigenvalue weighted by Gasteiger charge is 2.12. The van der Waals surface area contributed by atoms with Crippen molar-refractivity contribution in [3.05, 3.63) is 11.8 Å². The Morgan fingerprint density at radius 2 is 2.50 bits per heavy atom. The molecule has 0 aliphatic carbocycles. The van der Waals surface area contributed by atoms with Crippen molar-refractivity contribution in [1.29, 1.82) is 0 Å². The zero-order chi connectivity index (χ0) is 6.15. The quantitative estimate of drug-likeness (QED) is 0.500. The van der Waals surface area contributed by atoms with Crippen LogP contribution >= 0.6 is 0 Å². The van der Waals surface area contributed by atoms with Crippen LogP contribution in [0.2, 0.25) is 0 Å². The Morgan fingerprint density at radius 3 is 2.50 bits per heavy atom. The number of nitrogens with zero attached hydrogens (tertiary/aromatic N) is 1. The lowest BCUT2D eigenvalue weighted by atomic mass is 10.1. The van der Waals surface area contributed by atoms with Crippen molar-refractivity contribution < 1.29 is 4.79 Å². The summed E-state index contributed by atoms with van der Waals surface area (Å²) in [6, 6.07) is 0. The molecule has 0 fully saturated rings. The summed E-state index contributed by atoms with van der Waals surface area (Å²) >= 11 is 0. The molecule has 0 spiro atoms. The van der Waals surface area contributed by atoms with Gasteiger partial charge in [0.15, 0.2) is 0 Å². The third kappa shape index (κ3) is 0.521. The van der Waals surface area contributed by atoms with E-state index in [0.29, 0.717) is 5.57 Å². The maximum Gasteiger partial charge on any atom is 0.252 e. The summed E-state index contributed by atoms with van der Waals surface area (Å²) in [5.74, 6) is -0.391. The van der Waals surface area contributed by atoms with Crippen LogP contribution in [-0.2, 0) is 4.79 Å². The molecule has 3 heteroatoms. The highest BCUT2D eigenvalue weighted by atomic mass is 16.1. The Bertz CT molecular complexity index is 185. The van der Waals surface area contributed by atoms with Gasteiger partial charge in [-0.2, -0.15) is 0 Å². The lowest BCUT2D eigenvalue weighted by Gasteiger charge is -2.06. The summed E-state index contributed by atoms with van der Waals surface area (Å²) < 4.78 is 0. The van der Waals surface area contributed by atoms with Gasteiger partial charge >= 0.3 is 0 Å². The van der Waals surface area contributed by atoms with Crippen LogP contribution in [0.15, 0.2) is 16.8 Å². The summed E-state index contributed by atoms with van der Waals surface area (Å²) in [5, 5.41) is 0. The van der Waals surface area contributed by atoms with E-state index in [9.17, 15) is 4.79 Å². The predicted molar refractivity (Wildman–Crippen MR) is 30.4 cm³/mol. The van der Waals surface area contributed by atoms with E-state index >= 15 is 0 Å². The molecule has 0 radical (unpaired) electrons. The van der Waals surface area contributed by atoms with Crippen LogP contribution in [0.5, 0.6) is 0 Å². The first-order valence-electron chi connectivity index (χ1n) is 2.26. The molecule has 42 valence electrons. The summed E-state index contributed by atoms with van der Waals surface area (Å²) in [6.45, 7) is 1.75. The third-order valence-corrected chi connectivity index (χ3v) is 1.04. The molecular formula is C5H6N2O. The summed E-state index contributed by atoms with van der Waals surface area (Å²) in [6.07, 6.45) is 1.47. The number of hydrogen-bond acceptors (Lipinski definition) is 2. The van der Waals surface area contributed by atoms with Crippen molar-refractivity contribution in [2.24, 2.45) is 10.7 Å².